The zero-order valence-corrected chi connectivity index (χ0v) is 4.14. The van der Waals surface area contributed by atoms with Crippen molar-refractivity contribution in [3.8, 4) is 0 Å². The van der Waals surface area contributed by atoms with E-state index in [2.05, 4.69) is 10.1 Å². The van der Waals surface area contributed by atoms with Gasteiger partial charge in [0.15, 0.2) is 6.61 Å². The molecule has 1 aliphatic heterocycles. The summed E-state index contributed by atoms with van der Waals surface area (Å²) >= 11 is 0. The molecule has 0 bridgehead atoms. The molecule has 0 aromatic rings. The molecule has 1 rings (SSSR count). The number of hydrogen-bond donors (Lipinski definition) is 1. The van der Waals surface area contributed by atoms with Crippen LogP contribution in [0.2, 0.25) is 0 Å². The Hall–Kier alpha value is -1.06. The van der Waals surface area contributed by atoms with E-state index in [9.17, 15) is 9.59 Å². The topological polar surface area (TPSA) is 55.4 Å². The van der Waals surface area contributed by atoms with Crippen LogP contribution in [0, 0.1) is 0 Å². The Labute approximate surface area is 45.8 Å². The average molecular weight is 115 g/mol. The Morgan fingerprint density at radius 1 is 1.50 bits per heavy atom. The van der Waals surface area contributed by atoms with E-state index in [1.54, 1.807) is 0 Å². The Morgan fingerprint density at radius 3 is 2.62 bits per heavy atom. The minimum absolute atomic E-state index is 0.0127. The van der Waals surface area contributed by atoms with Crippen molar-refractivity contribution in [1.82, 2.24) is 5.32 Å². The van der Waals surface area contributed by atoms with Crippen molar-refractivity contribution in [3.05, 3.63) is 0 Å². The third-order valence-corrected chi connectivity index (χ3v) is 0.794. The van der Waals surface area contributed by atoms with Crippen LogP contribution in [0.15, 0.2) is 0 Å². The number of amides is 1. The molecule has 1 aliphatic rings. The second-order valence-corrected chi connectivity index (χ2v) is 1.44. The number of rotatable bonds is 0. The number of nitrogens with one attached hydrogen (secondary N) is 1. The van der Waals surface area contributed by atoms with Gasteiger partial charge < -0.3 is 10.1 Å². The van der Waals surface area contributed by atoms with Crippen molar-refractivity contribution < 1.29 is 14.3 Å². The quantitative estimate of drug-likeness (QED) is 0.397. The molecule has 1 fully saturated rings. The van der Waals surface area contributed by atoms with Crippen LogP contribution in [0.4, 0.5) is 0 Å². The standard InChI is InChI=1S/C4H5NO3/c6-3-2-8-4(7)1-5-3/h1-2H2,(H,5,6). The largest absolute Gasteiger partial charge is 0.454 e. The van der Waals surface area contributed by atoms with Gasteiger partial charge in [0.1, 0.15) is 6.54 Å². The summed E-state index contributed by atoms with van der Waals surface area (Å²) in [5, 5.41) is 2.32. The normalized spacial score (nSPS) is 19.5. The zero-order chi connectivity index (χ0) is 5.98. The van der Waals surface area contributed by atoms with Crippen LogP contribution in [0.25, 0.3) is 0 Å². The van der Waals surface area contributed by atoms with Crippen molar-refractivity contribution >= 4 is 11.9 Å². The highest BCUT2D eigenvalue weighted by Gasteiger charge is 2.13. The molecule has 0 spiro atoms. The second kappa shape index (κ2) is 1.81. The summed E-state index contributed by atoms with van der Waals surface area (Å²) in [6, 6.07) is 0. The van der Waals surface area contributed by atoms with Gasteiger partial charge in [-0.3, -0.25) is 9.59 Å². The summed E-state index contributed by atoms with van der Waals surface area (Å²) in [6.45, 7) is -0.113. The summed E-state index contributed by atoms with van der Waals surface area (Å²) in [6.07, 6.45) is 0. The minimum Gasteiger partial charge on any atom is -0.454 e. The molecule has 0 radical (unpaired) electrons. The molecule has 1 amide bonds. The maximum Gasteiger partial charge on any atom is 0.325 e. The van der Waals surface area contributed by atoms with Crippen LogP contribution in [0.1, 0.15) is 0 Å². The van der Waals surface area contributed by atoms with Gasteiger partial charge in [-0.25, -0.2) is 0 Å². The van der Waals surface area contributed by atoms with Gasteiger partial charge in [-0.1, -0.05) is 0 Å². The number of carbonyl (C=O) groups excluding carboxylic acids is 2. The molecule has 1 saturated heterocycles. The number of morpholine rings is 1. The molecular weight excluding hydrogens is 110 g/mol. The first-order valence-corrected chi connectivity index (χ1v) is 2.21. The Morgan fingerprint density at radius 2 is 2.25 bits per heavy atom. The van der Waals surface area contributed by atoms with Crippen molar-refractivity contribution in [3.63, 3.8) is 0 Å². The second-order valence-electron chi connectivity index (χ2n) is 1.44. The summed E-state index contributed by atoms with van der Waals surface area (Å²) in [4.78, 5) is 20.4. The van der Waals surface area contributed by atoms with Crippen molar-refractivity contribution in [2.75, 3.05) is 13.2 Å². The van der Waals surface area contributed by atoms with Crippen LogP contribution >= 0.6 is 0 Å². The predicted octanol–water partition coefficient (Wildman–Crippen LogP) is -1.34. The highest BCUT2D eigenvalue weighted by molar-refractivity contribution is 5.87. The van der Waals surface area contributed by atoms with Crippen LogP contribution in [-0.4, -0.2) is 25.0 Å². The van der Waals surface area contributed by atoms with E-state index >= 15 is 0 Å². The summed E-state index contributed by atoms with van der Waals surface area (Å²) in [7, 11) is 0. The lowest BCUT2D eigenvalue weighted by Gasteiger charge is -2.10. The number of ether oxygens (including phenoxy) is 1. The maximum absolute atomic E-state index is 10.2. The Bertz CT molecular complexity index is 103. The smallest absolute Gasteiger partial charge is 0.325 e. The van der Waals surface area contributed by atoms with E-state index in [0.29, 0.717) is 0 Å². The highest BCUT2D eigenvalue weighted by atomic mass is 16.5. The van der Waals surface area contributed by atoms with Crippen molar-refractivity contribution in [1.29, 1.82) is 0 Å². The van der Waals surface area contributed by atoms with E-state index in [-0.39, 0.29) is 25.0 Å². The van der Waals surface area contributed by atoms with Gasteiger partial charge in [0.05, 0.1) is 0 Å². The fraction of sp³-hybridized carbons (Fsp3) is 0.500. The third kappa shape index (κ3) is 0.959. The van der Waals surface area contributed by atoms with Gasteiger partial charge in [-0.05, 0) is 0 Å². The van der Waals surface area contributed by atoms with Gasteiger partial charge in [0.25, 0.3) is 5.91 Å². The van der Waals surface area contributed by atoms with E-state index in [4.69, 9.17) is 0 Å². The van der Waals surface area contributed by atoms with Crippen molar-refractivity contribution in [2.45, 2.75) is 0 Å². The molecule has 0 aromatic heterocycles. The summed E-state index contributed by atoms with van der Waals surface area (Å²) in [5.74, 6) is -0.603. The molecule has 8 heavy (non-hydrogen) atoms. The molecule has 0 saturated carbocycles. The van der Waals surface area contributed by atoms with E-state index < -0.39 is 0 Å². The molecule has 0 aromatic carbocycles. The number of cyclic esters (lactones) is 1. The van der Waals surface area contributed by atoms with E-state index in [0.717, 1.165) is 0 Å². The average Bonchev–Trinajstić information content (AvgIpc) is 1.77. The fourth-order valence-electron chi connectivity index (χ4n) is 0.419. The van der Waals surface area contributed by atoms with Crippen molar-refractivity contribution in [2.24, 2.45) is 0 Å². The van der Waals surface area contributed by atoms with Crippen LogP contribution in [0.5, 0.6) is 0 Å². The van der Waals surface area contributed by atoms with Crippen LogP contribution < -0.4 is 5.32 Å². The highest BCUT2D eigenvalue weighted by Crippen LogP contribution is 1.83. The Balaban J connectivity index is 2.40. The van der Waals surface area contributed by atoms with Gasteiger partial charge in [0, 0.05) is 0 Å². The molecule has 0 atom stereocenters. The lowest BCUT2D eigenvalue weighted by atomic mass is 10.5. The first kappa shape index (κ1) is 5.08. The number of esters is 1. The van der Waals surface area contributed by atoms with Gasteiger partial charge >= 0.3 is 5.97 Å². The molecule has 1 N–H and O–H groups in total. The molecule has 0 aliphatic carbocycles. The SMILES string of the molecule is O=C1COC(=O)CN1. The van der Waals surface area contributed by atoms with Gasteiger partial charge in [-0.15, -0.1) is 0 Å². The number of carbonyl (C=O) groups is 2. The van der Waals surface area contributed by atoms with Crippen LogP contribution in [-0.2, 0) is 14.3 Å². The summed E-state index contributed by atoms with van der Waals surface area (Å²) < 4.78 is 4.34. The van der Waals surface area contributed by atoms with Gasteiger partial charge in [-0.2, -0.15) is 0 Å². The van der Waals surface area contributed by atoms with E-state index in [1.807, 2.05) is 0 Å². The minimum atomic E-state index is -0.371. The molecular formula is C4H5NO3. The molecule has 4 heteroatoms. The summed E-state index contributed by atoms with van der Waals surface area (Å²) in [5.41, 5.74) is 0. The maximum atomic E-state index is 10.2. The molecule has 1 heterocycles. The molecule has 44 valence electrons. The van der Waals surface area contributed by atoms with Crippen LogP contribution in [0.3, 0.4) is 0 Å². The first-order chi connectivity index (χ1) is 3.79. The predicted molar refractivity (Wildman–Crippen MR) is 24.0 cm³/mol. The monoisotopic (exact) mass is 115 g/mol. The lowest BCUT2D eigenvalue weighted by molar-refractivity contribution is -0.152. The molecule has 4 nitrogen and oxygen atoms in total. The zero-order valence-electron chi connectivity index (χ0n) is 4.14. The Kier molecular flexibility index (Phi) is 1.15. The lowest BCUT2D eigenvalue weighted by Crippen LogP contribution is -2.39. The van der Waals surface area contributed by atoms with Gasteiger partial charge in [0.2, 0.25) is 0 Å². The molecule has 0 unspecified atom stereocenters. The third-order valence-electron chi connectivity index (χ3n) is 0.794. The fourth-order valence-corrected chi connectivity index (χ4v) is 0.419. The first-order valence-electron chi connectivity index (χ1n) is 2.21. The van der Waals surface area contributed by atoms with E-state index in [1.165, 1.54) is 0 Å². The number of hydrogen-bond acceptors (Lipinski definition) is 3.